The van der Waals surface area contributed by atoms with Crippen molar-refractivity contribution < 1.29 is 4.42 Å². The molecule has 9 aromatic rings. The minimum Gasteiger partial charge on any atom is -0.435 e. The molecule has 0 atom stereocenters. The molecule has 230 valence electrons. The fraction of sp³-hybridized carbons (Fsp3) is 0. The molecule has 5 heteroatoms. The van der Waals surface area contributed by atoms with Gasteiger partial charge in [0.25, 0.3) is 0 Å². The fourth-order valence-corrected chi connectivity index (χ4v) is 6.39. The molecule has 0 aliphatic carbocycles. The standard InChI is InChI=1S/C44H28N4O/c1-4-13-29(14-5-1)35-20-10-11-21-36(35)30-23-25-33(26-24-30)42-46-41(32-15-6-2-7-16-32)47-43(48-42)37-22-12-19-31-27-28-38-40(39(31)37)49-44(45-38)34-17-8-3-9-18-34/h1-28H. The predicted octanol–water partition coefficient (Wildman–Crippen LogP) is 11.2. The van der Waals surface area contributed by atoms with Gasteiger partial charge in [0.15, 0.2) is 23.1 Å². The molecule has 9 rings (SSSR count). The monoisotopic (exact) mass is 628 g/mol. The third-order valence-corrected chi connectivity index (χ3v) is 8.79. The van der Waals surface area contributed by atoms with Gasteiger partial charge in [0.2, 0.25) is 5.89 Å². The van der Waals surface area contributed by atoms with E-state index >= 15 is 0 Å². The van der Waals surface area contributed by atoms with Gasteiger partial charge in [-0.2, -0.15) is 0 Å². The highest BCUT2D eigenvalue weighted by atomic mass is 16.3. The van der Waals surface area contributed by atoms with Gasteiger partial charge < -0.3 is 4.42 Å². The first kappa shape index (κ1) is 28.5. The summed E-state index contributed by atoms with van der Waals surface area (Å²) in [6.07, 6.45) is 0. The van der Waals surface area contributed by atoms with Crippen LogP contribution < -0.4 is 0 Å². The molecule has 0 aliphatic rings. The van der Waals surface area contributed by atoms with Crippen LogP contribution in [0.1, 0.15) is 0 Å². The van der Waals surface area contributed by atoms with Crippen LogP contribution in [-0.4, -0.2) is 19.9 Å². The van der Waals surface area contributed by atoms with E-state index in [0.717, 1.165) is 44.1 Å². The van der Waals surface area contributed by atoms with E-state index in [1.54, 1.807) is 0 Å². The van der Waals surface area contributed by atoms with Gasteiger partial charge >= 0.3 is 0 Å². The van der Waals surface area contributed by atoms with Crippen molar-refractivity contribution in [2.24, 2.45) is 0 Å². The number of aromatic nitrogens is 4. The van der Waals surface area contributed by atoms with Gasteiger partial charge in [-0.1, -0.05) is 152 Å². The SMILES string of the molecule is c1ccc(-c2nc(-c3ccc(-c4ccccc4-c4ccccc4)cc3)nc(-c3cccc4ccc5nc(-c6ccccc6)oc5c34)n2)cc1. The lowest BCUT2D eigenvalue weighted by Gasteiger charge is -2.12. The van der Waals surface area contributed by atoms with E-state index in [9.17, 15) is 0 Å². The third-order valence-electron chi connectivity index (χ3n) is 8.79. The van der Waals surface area contributed by atoms with E-state index in [1.165, 1.54) is 16.7 Å². The van der Waals surface area contributed by atoms with Crippen LogP contribution in [-0.2, 0) is 0 Å². The quantitative estimate of drug-likeness (QED) is 0.183. The van der Waals surface area contributed by atoms with Crippen LogP contribution in [0, 0.1) is 0 Å². The van der Waals surface area contributed by atoms with E-state index in [4.69, 9.17) is 24.4 Å². The fourth-order valence-electron chi connectivity index (χ4n) is 6.39. The smallest absolute Gasteiger partial charge is 0.227 e. The van der Waals surface area contributed by atoms with Crippen LogP contribution in [0.3, 0.4) is 0 Å². The average Bonchev–Trinajstić information content (AvgIpc) is 3.64. The van der Waals surface area contributed by atoms with E-state index < -0.39 is 0 Å². The second-order valence-electron chi connectivity index (χ2n) is 11.9. The summed E-state index contributed by atoms with van der Waals surface area (Å²) in [6, 6.07) is 57.7. The Morgan fingerprint density at radius 1 is 0.327 bits per heavy atom. The molecule has 0 N–H and O–H groups in total. The summed E-state index contributed by atoms with van der Waals surface area (Å²) >= 11 is 0. The van der Waals surface area contributed by atoms with Crippen LogP contribution in [0.15, 0.2) is 174 Å². The van der Waals surface area contributed by atoms with Gasteiger partial charge in [-0.25, -0.2) is 19.9 Å². The minimum atomic E-state index is 0.568. The Morgan fingerprint density at radius 3 is 1.47 bits per heavy atom. The van der Waals surface area contributed by atoms with Crippen molar-refractivity contribution in [2.75, 3.05) is 0 Å². The van der Waals surface area contributed by atoms with Crippen molar-refractivity contribution >= 4 is 21.9 Å². The number of oxazole rings is 1. The number of rotatable bonds is 6. The Bertz CT molecular complexity index is 2580. The third kappa shape index (κ3) is 5.33. The van der Waals surface area contributed by atoms with Crippen molar-refractivity contribution in [2.45, 2.75) is 0 Å². The van der Waals surface area contributed by atoms with Crippen molar-refractivity contribution in [3.8, 4) is 67.9 Å². The van der Waals surface area contributed by atoms with Gasteiger partial charge in [0.05, 0.1) is 0 Å². The lowest BCUT2D eigenvalue weighted by atomic mass is 9.94. The Labute approximate surface area is 283 Å². The Morgan fingerprint density at radius 2 is 0.816 bits per heavy atom. The highest BCUT2D eigenvalue weighted by Gasteiger charge is 2.19. The molecule has 0 fully saturated rings. The summed E-state index contributed by atoms with van der Waals surface area (Å²) in [5.74, 6) is 2.34. The number of benzene rings is 7. The first-order chi connectivity index (χ1) is 24.3. The highest BCUT2D eigenvalue weighted by Crippen LogP contribution is 2.37. The first-order valence-electron chi connectivity index (χ1n) is 16.2. The van der Waals surface area contributed by atoms with Crippen LogP contribution in [0.5, 0.6) is 0 Å². The number of hydrogen-bond acceptors (Lipinski definition) is 5. The second-order valence-corrected chi connectivity index (χ2v) is 11.9. The number of fused-ring (bicyclic) bond motifs is 3. The Hall–Kier alpha value is -6.72. The largest absolute Gasteiger partial charge is 0.435 e. The zero-order valence-electron chi connectivity index (χ0n) is 26.4. The topological polar surface area (TPSA) is 64.7 Å². The predicted molar refractivity (Wildman–Crippen MR) is 198 cm³/mol. The van der Waals surface area contributed by atoms with E-state index in [2.05, 4.69) is 84.9 Å². The van der Waals surface area contributed by atoms with Crippen molar-refractivity contribution in [3.05, 3.63) is 170 Å². The highest BCUT2D eigenvalue weighted by molar-refractivity contribution is 6.10. The summed E-state index contributed by atoms with van der Waals surface area (Å²) in [5.41, 5.74) is 9.74. The zero-order valence-corrected chi connectivity index (χ0v) is 26.4. The summed E-state index contributed by atoms with van der Waals surface area (Å²) in [4.78, 5) is 20.0. The Kier molecular flexibility index (Phi) is 7.06. The van der Waals surface area contributed by atoms with E-state index in [1.807, 2.05) is 84.9 Å². The molecule has 2 heterocycles. The zero-order chi connectivity index (χ0) is 32.6. The van der Waals surface area contributed by atoms with Crippen LogP contribution in [0.25, 0.3) is 89.7 Å². The normalized spacial score (nSPS) is 11.3. The average molecular weight is 629 g/mol. The van der Waals surface area contributed by atoms with Crippen LogP contribution in [0.4, 0.5) is 0 Å². The van der Waals surface area contributed by atoms with Gasteiger partial charge in [-0.15, -0.1) is 0 Å². The maximum absolute atomic E-state index is 6.47. The summed E-state index contributed by atoms with van der Waals surface area (Å²) in [5, 5.41) is 1.93. The van der Waals surface area contributed by atoms with Crippen LogP contribution in [0.2, 0.25) is 0 Å². The van der Waals surface area contributed by atoms with Crippen molar-refractivity contribution in [1.82, 2.24) is 19.9 Å². The van der Waals surface area contributed by atoms with Crippen molar-refractivity contribution in [1.29, 1.82) is 0 Å². The molecule has 0 bridgehead atoms. The molecule has 7 aromatic carbocycles. The summed E-state index contributed by atoms with van der Waals surface area (Å²) in [6.45, 7) is 0. The lowest BCUT2D eigenvalue weighted by Crippen LogP contribution is -2.00. The molecule has 0 radical (unpaired) electrons. The lowest BCUT2D eigenvalue weighted by molar-refractivity contribution is 0.623. The maximum Gasteiger partial charge on any atom is 0.227 e. The van der Waals surface area contributed by atoms with Gasteiger partial charge in [-0.3, -0.25) is 0 Å². The molecule has 0 unspecified atom stereocenters. The molecular formula is C44H28N4O. The molecule has 0 spiro atoms. The van der Waals surface area contributed by atoms with E-state index in [0.29, 0.717) is 28.9 Å². The summed E-state index contributed by atoms with van der Waals surface area (Å²) < 4.78 is 6.47. The second kappa shape index (κ2) is 12.1. The van der Waals surface area contributed by atoms with Gasteiger partial charge in [0.1, 0.15) is 5.52 Å². The maximum atomic E-state index is 6.47. The Balaban J connectivity index is 1.19. The van der Waals surface area contributed by atoms with E-state index in [-0.39, 0.29) is 0 Å². The van der Waals surface area contributed by atoms with Gasteiger partial charge in [0, 0.05) is 27.6 Å². The minimum absolute atomic E-state index is 0.568. The van der Waals surface area contributed by atoms with Gasteiger partial charge in [-0.05, 0) is 45.8 Å². The van der Waals surface area contributed by atoms with Crippen LogP contribution >= 0.6 is 0 Å². The van der Waals surface area contributed by atoms with Crippen molar-refractivity contribution in [3.63, 3.8) is 0 Å². The molecule has 0 saturated heterocycles. The summed E-state index contributed by atoms with van der Waals surface area (Å²) in [7, 11) is 0. The first-order valence-corrected chi connectivity index (χ1v) is 16.2. The molecule has 0 saturated carbocycles. The molecule has 49 heavy (non-hydrogen) atoms. The molecule has 0 aliphatic heterocycles. The number of hydrogen-bond donors (Lipinski definition) is 0. The molecule has 5 nitrogen and oxygen atoms in total. The molecular weight excluding hydrogens is 601 g/mol. The molecule has 2 aromatic heterocycles. The number of nitrogens with zero attached hydrogens (tertiary/aromatic N) is 4. The molecule has 0 amide bonds.